The molecule has 0 spiro atoms. The van der Waals surface area contributed by atoms with Crippen molar-refractivity contribution in [1.29, 1.82) is 0 Å². The molecule has 0 aliphatic carbocycles. The average Bonchev–Trinajstić information content (AvgIpc) is 2.50. The average molecular weight is 490 g/mol. The first-order valence-corrected chi connectivity index (χ1v) is 9.12. The zero-order valence-electron chi connectivity index (χ0n) is 15.5. The number of hydrogen-bond acceptors (Lipinski definition) is 7. The van der Waals surface area contributed by atoms with Gasteiger partial charge in [-0.1, -0.05) is 0 Å². The molecule has 10 heteroatoms. The minimum atomic E-state index is -4.36. The van der Waals surface area contributed by atoms with Crippen LogP contribution in [0.15, 0.2) is 0 Å². The minimum absolute atomic E-state index is 0. The molecule has 5 atom stereocenters. The number of aliphatic hydroxyl groups excluding tert-OH is 3. The summed E-state index contributed by atoms with van der Waals surface area (Å²) in [5, 5.41) is 29.3. The Morgan fingerprint density at radius 2 is 1.67 bits per heavy atom. The summed E-state index contributed by atoms with van der Waals surface area (Å²) in [6.07, 6.45) is -4.76. The van der Waals surface area contributed by atoms with Gasteiger partial charge in [-0.3, -0.25) is 4.55 Å². The van der Waals surface area contributed by atoms with E-state index in [0.29, 0.717) is 25.9 Å². The third kappa shape index (κ3) is 10.8. The molecule has 1 aliphatic rings. The number of hydrogen-bond donors (Lipinski definition) is 4. The van der Waals surface area contributed by atoms with E-state index in [1.807, 2.05) is 0 Å². The molecule has 1 saturated heterocycles. The van der Waals surface area contributed by atoms with Crippen LogP contribution in [-0.2, 0) is 19.6 Å². The summed E-state index contributed by atoms with van der Waals surface area (Å²) in [5.74, 6) is -0.831. The number of ether oxygens (including phenoxy) is 2. The maximum atomic E-state index is 10.9. The van der Waals surface area contributed by atoms with Gasteiger partial charge in [0.25, 0.3) is 10.1 Å². The fourth-order valence-electron chi connectivity index (χ4n) is 2.26. The van der Waals surface area contributed by atoms with E-state index in [-0.39, 0.29) is 70.3 Å². The first-order valence-electron chi connectivity index (χ1n) is 7.51. The molecule has 24 heavy (non-hydrogen) atoms. The molecule has 0 saturated carbocycles. The van der Waals surface area contributed by atoms with Gasteiger partial charge in [0.2, 0.25) is 0 Å². The van der Waals surface area contributed by atoms with Crippen molar-refractivity contribution in [2.45, 2.75) is 63.6 Å². The molecule has 142 valence electrons. The van der Waals surface area contributed by atoms with Crippen LogP contribution in [0, 0.1) is 13.5 Å². The Morgan fingerprint density at radius 3 is 2.17 bits per heavy atom. The molecule has 1 heterocycles. The van der Waals surface area contributed by atoms with Gasteiger partial charge in [-0.15, -0.1) is 0 Å². The van der Waals surface area contributed by atoms with Crippen molar-refractivity contribution in [2.75, 3.05) is 12.4 Å². The first-order chi connectivity index (χ1) is 10.8. The van der Waals surface area contributed by atoms with Crippen molar-refractivity contribution in [3.8, 4) is 0 Å². The second-order valence-electron chi connectivity index (χ2n) is 5.04. The molecule has 3 unspecified atom stereocenters. The van der Waals surface area contributed by atoms with Gasteiger partial charge in [-0.05, 0) is 19.3 Å². The van der Waals surface area contributed by atoms with Crippen LogP contribution >= 0.6 is 0 Å². The van der Waals surface area contributed by atoms with Crippen LogP contribution < -0.4 is 68.9 Å². The number of rotatable bonds is 8. The Kier molecular flexibility index (Phi) is 17.2. The van der Waals surface area contributed by atoms with Crippen molar-refractivity contribution in [3.63, 3.8) is 0 Å². The van der Waals surface area contributed by atoms with Crippen molar-refractivity contribution in [3.05, 3.63) is 13.5 Å². The van der Waals surface area contributed by atoms with Crippen LogP contribution in [0.4, 0.5) is 0 Å². The van der Waals surface area contributed by atoms with E-state index >= 15 is 0 Å². The van der Waals surface area contributed by atoms with E-state index in [4.69, 9.17) is 14.0 Å². The van der Waals surface area contributed by atoms with E-state index in [1.54, 1.807) is 20.5 Å². The Bertz CT molecular complexity index is 412. The third-order valence-corrected chi connectivity index (χ3v) is 4.10. The molecular formula is C14H29CsO8S-2. The summed E-state index contributed by atoms with van der Waals surface area (Å²) in [4.78, 5) is 0. The van der Waals surface area contributed by atoms with Crippen LogP contribution in [0.3, 0.4) is 0 Å². The van der Waals surface area contributed by atoms with Gasteiger partial charge in [-0.2, -0.15) is 22.3 Å². The summed E-state index contributed by atoms with van der Waals surface area (Å²) in [6.45, 7) is 8.83. The van der Waals surface area contributed by atoms with Crippen LogP contribution in [0.5, 0.6) is 0 Å². The van der Waals surface area contributed by atoms with Gasteiger partial charge in [0, 0.05) is 6.61 Å². The summed E-state index contributed by atoms with van der Waals surface area (Å²) in [6, 6.07) is 0. The van der Waals surface area contributed by atoms with Crippen LogP contribution in [0.25, 0.3) is 0 Å². The van der Waals surface area contributed by atoms with Crippen LogP contribution in [0.2, 0.25) is 0 Å². The molecule has 1 rings (SSSR count). The molecule has 0 amide bonds. The predicted octanol–water partition coefficient (Wildman–Crippen LogP) is -2.95. The molecular weight excluding hydrogens is 461 g/mol. The summed E-state index contributed by atoms with van der Waals surface area (Å²) in [5.41, 5.74) is 0. The maximum absolute atomic E-state index is 10.9. The molecule has 0 radical (unpaired) electrons. The quantitative estimate of drug-likeness (QED) is 0.161. The van der Waals surface area contributed by atoms with E-state index in [1.165, 1.54) is 0 Å². The normalized spacial score (nSPS) is 30.0. The fourth-order valence-corrected chi connectivity index (χ4v) is 2.95. The molecule has 4 N–H and O–H groups in total. The molecule has 0 aromatic rings. The van der Waals surface area contributed by atoms with E-state index in [2.05, 4.69) is 6.92 Å². The Morgan fingerprint density at radius 1 is 1.12 bits per heavy atom. The van der Waals surface area contributed by atoms with Gasteiger partial charge < -0.3 is 33.1 Å². The molecule has 0 aromatic carbocycles. The summed E-state index contributed by atoms with van der Waals surface area (Å²) < 4.78 is 40.9. The van der Waals surface area contributed by atoms with Gasteiger partial charge >= 0.3 is 68.9 Å². The van der Waals surface area contributed by atoms with Gasteiger partial charge in [0.15, 0.2) is 0 Å². The summed E-state index contributed by atoms with van der Waals surface area (Å²) >= 11 is 0. The van der Waals surface area contributed by atoms with Gasteiger partial charge in [0.05, 0.1) is 6.10 Å². The second kappa shape index (κ2) is 14.8. The second-order valence-corrected chi connectivity index (χ2v) is 6.53. The van der Waals surface area contributed by atoms with Crippen molar-refractivity contribution >= 4 is 10.1 Å². The molecule has 8 nitrogen and oxygen atoms in total. The molecule has 1 fully saturated rings. The van der Waals surface area contributed by atoms with E-state index < -0.39 is 46.4 Å². The van der Waals surface area contributed by atoms with Gasteiger partial charge in [-0.25, -0.2) is 6.61 Å². The standard InChI is InChI=1S/C12H23O8S.C2H5.Cs.H/c1-2-19-6-4-3-5-8-10(13)12(15)11(14)9(20-8)7-21(16,17)18;1-2;;/h2,8-15H,3-7H2,1H3,(H,16,17,18);1H2,2H3;;/q2*-1;+1;-1/t8-,9?,10?,11+,12?;;;/m0.../s1. The van der Waals surface area contributed by atoms with Crippen molar-refractivity contribution in [2.24, 2.45) is 0 Å². The van der Waals surface area contributed by atoms with Crippen LogP contribution in [0.1, 0.15) is 34.5 Å². The number of unbranched alkanes of at least 4 members (excludes halogenated alkanes) is 1. The zero-order chi connectivity index (χ0) is 18.0. The molecule has 0 aromatic heterocycles. The first kappa shape index (κ1) is 28.0. The SMILES string of the molecule is C[CH-]OCCCC[C@@H]1OC(CS(=O)(=O)O)[C@@H](O)C(O)C1O.[CH2-]C.[Cs+].[H-]. The number of aliphatic hydroxyl groups is 3. The molecule has 1 aliphatic heterocycles. The third-order valence-electron chi connectivity index (χ3n) is 3.35. The van der Waals surface area contributed by atoms with Gasteiger partial charge in [0.1, 0.15) is 30.2 Å². The monoisotopic (exact) mass is 490 g/mol. The van der Waals surface area contributed by atoms with Crippen LogP contribution in [-0.4, -0.2) is 71.2 Å². The van der Waals surface area contributed by atoms with E-state index in [0.717, 1.165) is 0 Å². The Labute approximate surface area is 205 Å². The van der Waals surface area contributed by atoms with Crippen molar-refractivity contribution < 1.29 is 108 Å². The topological polar surface area (TPSA) is 134 Å². The Balaban J connectivity index is -0.00000116. The smallest absolute Gasteiger partial charge is 1.00 e. The Hall–Kier alpha value is 1.76. The van der Waals surface area contributed by atoms with E-state index in [9.17, 15) is 23.7 Å². The molecule has 0 bridgehead atoms. The zero-order valence-corrected chi connectivity index (χ0v) is 21.6. The largest absolute Gasteiger partial charge is 1.00 e. The van der Waals surface area contributed by atoms with Crippen molar-refractivity contribution in [1.82, 2.24) is 0 Å². The summed E-state index contributed by atoms with van der Waals surface area (Å²) in [7, 11) is -4.36. The fraction of sp³-hybridized carbons (Fsp3) is 0.857. The maximum Gasteiger partial charge on any atom is 1.00 e. The minimum Gasteiger partial charge on any atom is -1.00 e. The predicted molar refractivity (Wildman–Crippen MR) is 85.0 cm³/mol.